The molecular formula is C18H28NiO4. The first kappa shape index (κ1) is 22.1. The van der Waals surface area contributed by atoms with Crippen molar-refractivity contribution in [3.63, 3.8) is 0 Å². The van der Waals surface area contributed by atoms with Crippen molar-refractivity contribution < 1.29 is 36.5 Å². The predicted octanol–water partition coefficient (Wildman–Crippen LogP) is 3.63. The molecule has 1 aromatic carbocycles. The maximum atomic E-state index is 12.3. The fourth-order valence-corrected chi connectivity index (χ4v) is 2.23. The number of hydrogen-bond donors (Lipinski definition) is 0. The molecule has 0 saturated heterocycles. The summed E-state index contributed by atoms with van der Waals surface area (Å²) < 4.78 is 0. The van der Waals surface area contributed by atoms with Crippen LogP contribution >= 0.6 is 0 Å². The van der Waals surface area contributed by atoms with Crippen LogP contribution < -0.4 is 15.1 Å². The summed E-state index contributed by atoms with van der Waals surface area (Å²) in [6.45, 7) is 6.67. The van der Waals surface area contributed by atoms with Gasteiger partial charge in [-0.15, -0.1) is 11.5 Å². The van der Waals surface area contributed by atoms with E-state index in [1.807, 2.05) is 0 Å². The molecule has 0 aliphatic carbocycles. The van der Waals surface area contributed by atoms with Crippen molar-refractivity contribution in [3.05, 3.63) is 17.2 Å². The van der Waals surface area contributed by atoms with Crippen LogP contribution in [-0.2, 0) is 34.2 Å². The third-order valence-electron chi connectivity index (χ3n) is 3.68. The number of hydrogen-bond acceptors (Lipinski definition) is 4. The zero-order valence-corrected chi connectivity index (χ0v) is 15.4. The van der Waals surface area contributed by atoms with Gasteiger partial charge in [-0.25, -0.2) is 0 Å². The predicted molar refractivity (Wildman–Crippen MR) is 84.0 cm³/mol. The van der Waals surface area contributed by atoms with E-state index in [4.69, 9.17) is 9.78 Å². The zero-order chi connectivity index (χ0) is 16.4. The van der Waals surface area contributed by atoms with E-state index in [0.717, 1.165) is 38.5 Å². The molecule has 0 N–H and O–H groups in total. The first-order valence-corrected chi connectivity index (χ1v) is 8.47. The number of aryl methyl sites for hydroxylation is 1. The summed E-state index contributed by atoms with van der Waals surface area (Å²) in [4.78, 5) is 10.5. The molecule has 0 aliphatic rings. The third kappa shape index (κ3) is 7.01. The van der Waals surface area contributed by atoms with Gasteiger partial charge in [0.25, 0.3) is 0 Å². The Bertz CT molecular complexity index is 449. The molecule has 0 bridgehead atoms. The minimum Gasteiger partial charge on any atom is -0.873 e. The molecule has 1 rings (SSSR count). The first-order valence-electron chi connectivity index (χ1n) is 8.47. The van der Waals surface area contributed by atoms with Crippen LogP contribution in [0.15, 0.2) is 6.07 Å². The third-order valence-corrected chi connectivity index (χ3v) is 3.68. The van der Waals surface area contributed by atoms with Gasteiger partial charge < -0.3 is 15.1 Å². The molecule has 0 aliphatic heterocycles. The SMILES string of the molecule is CCCCOOc1cc(CCCC)c([O-])c([O-])c1CCCC.[Ni+2]. The van der Waals surface area contributed by atoms with Crippen molar-refractivity contribution in [1.82, 2.24) is 0 Å². The van der Waals surface area contributed by atoms with Crippen molar-refractivity contribution in [2.75, 3.05) is 6.61 Å². The Labute approximate surface area is 150 Å². The van der Waals surface area contributed by atoms with Gasteiger partial charge >= 0.3 is 16.5 Å². The molecule has 5 heteroatoms. The molecule has 1 aromatic rings. The minimum atomic E-state index is -0.420. The van der Waals surface area contributed by atoms with E-state index in [0.29, 0.717) is 36.3 Å². The summed E-state index contributed by atoms with van der Waals surface area (Å²) in [5, 5.41) is 24.5. The van der Waals surface area contributed by atoms with Crippen molar-refractivity contribution in [2.45, 2.75) is 72.1 Å². The summed E-state index contributed by atoms with van der Waals surface area (Å²) in [5.41, 5.74) is 1.00. The van der Waals surface area contributed by atoms with Crippen LogP contribution in [-0.4, -0.2) is 6.61 Å². The Hall–Kier alpha value is -0.926. The Morgan fingerprint density at radius 3 is 2.09 bits per heavy atom. The smallest absolute Gasteiger partial charge is 0.873 e. The normalized spacial score (nSPS) is 10.4. The molecule has 0 radical (unpaired) electrons. The molecule has 0 aromatic heterocycles. The molecule has 0 saturated carbocycles. The van der Waals surface area contributed by atoms with Gasteiger partial charge in [0.15, 0.2) is 5.75 Å². The molecule has 134 valence electrons. The van der Waals surface area contributed by atoms with Gasteiger partial charge in [0.1, 0.15) is 0 Å². The van der Waals surface area contributed by atoms with Gasteiger partial charge in [-0.3, -0.25) is 0 Å². The fourth-order valence-electron chi connectivity index (χ4n) is 2.23. The molecule has 23 heavy (non-hydrogen) atoms. The van der Waals surface area contributed by atoms with E-state index in [2.05, 4.69) is 20.8 Å². The van der Waals surface area contributed by atoms with Crippen molar-refractivity contribution in [3.8, 4) is 17.2 Å². The van der Waals surface area contributed by atoms with Crippen LogP contribution in [0, 0.1) is 0 Å². The van der Waals surface area contributed by atoms with Crippen LogP contribution in [0.25, 0.3) is 0 Å². The summed E-state index contributed by atoms with van der Waals surface area (Å²) >= 11 is 0. The van der Waals surface area contributed by atoms with Crippen molar-refractivity contribution >= 4 is 0 Å². The Morgan fingerprint density at radius 2 is 1.48 bits per heavy atom. The van der Waals surface area contributed by atoms with E-state index in [1.54, 1.807) is 6.07 Å². The molecule has 0 unspecified atom stereocenters. The van der Waals surface area contributed by atoms with Crippen LogP contribution in [0.2, 0.25) is 0 Å². The van der Waals surface area contributed by atoms with Gasteiger partial charge in [-0.05, 0) is 43.7 Å². The fraction of sp³-hybridized carbons (Fsp3) is 0.667. The van der Waals surface area contributed by atoms with Gasteiger partial charge in [-0.1, -0.05) is 45.6 Å². The van der Waals surface area contributed by atoms with Crippen LogP contribution in [0.4, 0.5) is 0 Å². The quantitative estimate of drug-likeness (QED) is 0.259. The number of rotatable bonds is 11. The van der Waals surface area contributed by atoms with E-state index in [1.165, 1.54) is 0 Å². The molecule has 0 heterocycles. The van der Waals surface area contributed by atoms with Crippen LogP contribution in [0.5, 0.6) is 17.2 Å². The second-order valence-electron chi connectivity index (χ2n) is 5.64. The van der Waals surface area contributed by atoms with Gasteiger partial charge in [0.05, 0.1) is 6.61 Å². The molecule has 0 spiro atoms. The standard InChI is InChI=1S/C18H30O4.Ni/c1-4-7-10-14-13-16(22-21-12-9-6-3)15(11-8-5-2)18(20)17(14)19;/h13,19-20H,4-12H2,1-3H3;/q;+2/p-2. The van der Waals surface area contributed by atoms with Gasteiger partial charge in [0, 0.05) is 0 Å². The summed E-state index contributed by atoms with van der Waals surface area (Å²) in [7, 11) is 0. The average molecular weight is 367 g/mol. The van der Waals surface area contributed by atoms with Crippen LogP contribution in [0.1, 0.15) is 70.4 Å². The molecule has 0 amide bonds. The zero-order valence-electron chi connectivity index (χ0n) is 14.4. The summed E-state index contributed by atoms with van der Waals surface area (Å²) in [6, 6.07) is 1.70. The molecule has 0 atom stereocenters. The van der Waals surface area contributed by atoms with E-state index in [9.17, 15) is 10.2 Å². The van der Waals surface area contributed by atoms with Crippen molar-refractivity contribution in [1.29, 1.82) is 0 Å². The first-order chi connectivity index (χ1) is 10.7. The molecule has 4 nitrogen and oxygen atoms in total. The number of unbranched alkanes of at least 4 members (excludes halogenated alkanes) is 3. The largest absolute Gasteiger partial charge is 2.00 e. The topological polar surface area (TPSA) is 64.6 Å². The van der Waals surface area contributed by atoms with E-state index < -0.39 is 5.75 Å². The Morgan fingerprint density at radius 1 is 0.870 bits per heavy atom. The second kappa shape index (κ2) is 12.5. The summed E-state index contributed by atoms with van der Waals surface area (Å²) in [6.07, 6.45) is 6.77. The van der Waals surface area contributed by atoms with Crippen molar-refractivity contribution in [2.24, 2.45) is 0 Å². The van der Waals surface area contributed by atoms with E-state index >= 15 is 0 Å². The monoisotopic (exact) mass is 366 g/mol. The molecular weight excluding hydrogens is 339 g/mol. The second-order valence-corrected chi connectivity index (χ2v) is 5.64. The van der Waals surface area contributed by atoms with Gasteiger partial charge in [-0.2, -0.15) is 4.89 Å². The number of benzene rings is 1. The maximum Gasteiger partial charge on any atom is 2.00 e. The molecule has 0 fully saturated rings. The summed E-state index contributed by atoms with van der Waals surface area (Å²) in [5.74, 6) is -0.364. The minimum absolute atomic E-state index is 0. The van der Waals surface area contributed by atoms with E-state index in [-0.39, 0.29) is 22.2 Å². The average Bonchev–Trinajstić information content (AvgIpc) is 2.52. The van der Waals surface area contributed by atoms with Gasteiger partial charge in [0.2, 0.25) is 0 Å². The Kier molecular flexibility index (Phi) is 12.0. The van der Waals surface area contributed by atoms with Crippen LogP contribution in [0.3, 0.4) is 0 Å². The maximum absolute atomic E-state index is 12.3. The Balaban J connectivity index is 0.00000484.